The summed E-state index contributed by atoms with van der Waals surface area (Å²) < 4.78 is 16.9. The standard InChI is InChI=1S/C17H25N5O3/c1-2-6-15-18-14(21-25-15)11-22-9-4-3-7-12(22)16-19-20-17(24-16)13-8-5-10-23-13/h12-13H,2-11H2,1H3/t12-,13+/m0/s1. The SMILES string of the molecule is CCCc1nc(CN2CCCC[C@H]2c2nnc([C@H]3CCCO3)o2)no1. The van der Waals surface area contributed by atoms with Gasteiger partial charge in [0.15, 0.2) is 5.82 Å². The van der Waals surface area contributed by atoms with Crippen LogP contribution in [0.5, 0.6) is 0 Å². The van der Waals surface area contributed by atoms with Crippen LogP contribution in [0.3, 0.4) is 0 Å². The van der Waals surface area contributed by atoms with Crippen LogP contribution >= 0.6 is 0 Å². The average Bonchev–Trinajstić information content (AvgIpc) is 3.37. The highest BCUT2D eigenvalue weighted by atomic mass is 16.5. The van der Waals surface area contributed by atoms with Crippen molar-refractivity contribution in [3.63, 3.8) is 0 Å². The topological polar surface area (TPSA) is 90.3 Å². The molecule has 25 heavy (non-hydrogen) atoms. The fourth-order valence-electron chi connectivity index (χ4n) is 3.60. The fourth-order valence-corrected chi connectivity index (χ4v) is 3.60. The third kappa shape index (κ3) is 3.74. The lowest BCUT2D eigenvalue weighted by molar-refractivity contribution is 0.0788. The Kier molecular flexibility index (Phi) is 5.07. The first kappa shape index (κ1) is 16.7. The van der Waals surface area contributed by atoms with Crippen molar-refractivity contribution < 1.29 is 13.7 Å². The Bertz CT molecular complexity index is 679. The first-order valence-electron chi connectivity index (χ1n) is 9.34. The Labute approximate surface area is 146 Å². The third-order valence-electron chi connectivity index (χ3n) is 4.88. The van der Waals surface area contributed by atoms with E-state index in [-0.39, 0.29) is 12.1 Å². The summed E-state index contributed by atoms with van der Waals surface area (Å²) in [6.07, 6.45) is 7.12. The van der Waals surface area contributed by atoms with Gasteiger partial charge in [0.2, 0.25) is 17.7 Å². The Morgan fingerprint density at radius 1 is 1.12 bits per heavy atom. The molecule has 4 heterocycles. The van der Waals surface area contributed by atoms with E-state index in [1.165, 1.54) is 0 Å². The minimum atomic E-state index is -0.0351. The number of hydrogen-bond donors (Lipinski definition) is 0. The molecular formula is C17H25N5O3. The molecule has 0 aliphatic carbocycles. The van der Waals surface area contributed by atoms with Gasteiger partial charge in [-0.3, -0.25) is 4.90 Å². The Morgan fingerprint density at radius 3 is 2.88 bits per heavy atom. The number of ether oxygens (including phenoxy) is 1. The van der Waals surface area contributed by atoms with Crippen molar-refractivity contribution in [2.45, 2.75) is 70.6 Å². The molecule has 8 heteroatoms. The van der Waals surface area contributed by atoms with E-state index in [0.29, 0.717) is 24.2 Å². The van der Waals surface area contributed by atoms with Gasteiger partial charge in [-0.1, -0.05) is 18.5 Å². The molecule has 0 aromatic carbocycles. The number of rotatable bonds is 6. The molecule has 136 valence electrons. The number of aromatic nitrogens is 4. The van der Waals surface area contributed by atoms with Gasteiger partial charge in [-0.2, -0.15) is 4.98 Å². The maximum atomic E-state index is 5.97. The zero-order valence-electron chi connectivity index (χ0n) is 14.7. The van der Waals surface area contributed by atoms with Gasteiger partial charge < -0.3 is 13.7 Å². The van der Waals surface area contributed by atoms with Crippen molar-refractivity contribution in [2.75, 3.05) is 13.2 Å². The zero-order valence-corrected chi connectivity index (χ0v) is 14.7. The minimum absolute atomic E-state index is 0.0351. The van der Waals surface area contributed by atoms with Crippen molar-refractivity contribution in [3.8, 4) is 0 Å². The summed E-state index contributed by atoms with van der Waals surface area (Å²) in [5.41, 5.74) is 0. The lowest BCUT2D eigenvalue weighted by atomic mass is 10.0. The maximum absolute atomic E-state index is 5.97. The molecule has 2 aromatic heterocycles. The number of aryl methyl sites for hydroxylation is 1. The summed E-state index contributed by atoms with van der Waals surface area (Å²) in [5.74, 6) is 2.74. The molecule has 0 spiro atoms. The van der Waals surface area contributed by atoms with Gasteiger partial charge in [0.25, 0.3) is 0 Å². The van der Waals surface area contributed by atoms with Gasteiger partial charge >= 0.3 is 0 Å². The molecule has 0 unspecified atom stereocenters. The molecule has 2 saturated heterocycles. The van der Waals surface area contributed by atoms with E-state index < -0.39 is 0 Å². The first-order valence-corrected chi connectivity index (χ1v) is 9.34. The maximum Gasteiger partial charge on any atom is 0.245 e. The second-order valence-electron chi connectivity index (χ2n) is 6.82. The van der Waals surface area contributed by atoms with Crippen LogP contribution in [0, 0.1) is 0 Å². The lowest BCUT2D eigenvalue weighted by Gasteiger charge is -2.32. The largest absolute Gasteiger partial charge is 0.421 e. The predicted molar refractivity (Wildman–Crippen MR) is 87.5 cm³/mol. The molecule has 2 aromatic rings. The molecule has 2 aliphatic heterocycles. The van der Waals surface area contributed by atoms with Crippen molar-refractivity contribution in [3.05, 3.63) is 23.5 Å². The summed E-state index contributed by atoms with van der Waals surface area (Å²) in [6, 6.07) is 0.115. The summed E-state index contributed by atoms with van der Waals surface area (Å²) in [6.45, 7) is 4.50. The van der Waals surface area contributed by atoms with Gasteiger partial charge in [0.1, 0.15) is 6.10 Å². The smallest absolute Gasteiger partial charge is 0.245 e. The van der Waals surface area contributed by atoms with Gasteiger partial charge in [-0.25, -0.2) is 0 Å². The molecule has 0 N–H and O–H groups in total. The Morgan fingerprint density at radius 2 is 2.04 bits per heavy atom. The minimum Gasteiger partial charge on any atom is -0.421 e. The van der Waals surface area contributed by atoms with Crippen LogP contribution in [0.4, 0.5) is 0 Å². The third-order valence-corrected chi connectivity index (χ3v) is 4.88. The highest BCUT2D eigenvalue weighted by molar-refractivity contribution is 4.97. The van der Waals surface area contributed by atoms with Gasteiger partial charge in [-0.05, 0) is 38.6 Å². The molecule has 2 atom stereocenters. The van der Waals surface area contributed by atoms with E-state index in [9.17, 15) is 0 Å². The first-order chi connectivity index (χ1) is 12.3. The van der Waals surface area contributed by atoms with Gasteiger partial charge in [0, 0.05) is 13.0 Å². The average molecular weight is 347 g/mol. The second-order valence-corrected chi connectivity index (χ2v) is 6.82. The van der Waals surface area contributed by atoms with Crippen LogP contribution < -0.4 is 0 Å². The molecule has 0 saturated carbocycles. The van der Waals surface area contributed by atoms with Crippen molar-refractivity contribution >= 4 is 0 Å². The highest BCUT2D eigenvalue weighted by Gasteiger charge is 2.31. The zero-order chi connectivity index (χ0) is 17.1. The van der Waals surface area contributed by atoms with Gasteiger partial charge in [-0.15, -0.1) is 10.2 Å². The summed E-state index contributed by atoms with van der Waals surface area (Å²) in [5, 5.41) is 12.6. The van der Waals surface area contributed by atoms with Crippen LogP contribution in [0.2, 0.25) is 0 Å². The normalized spacial score (nSPS) is 24.8. The number of piperidine rings is 1. The molecule has 0 radical (unpaired) electrons. The van der Waals surface area contributed by atoms with Crippen LogP contribution in [0.15, 0.2) is 8.94 Å². The molecule has 0 bridgehead atoms. The molecule has 4 rings (SSSR count). The molecular weight excluding hydrogens is 322 g/mol. The fraction of sp³-hybridized carbons (Fsp3) is 0.765. The van der Waals surface area contributed by atoms with Crippen LogP contribution in [-0.2, 0) is 17.7 Å². The number of nitrogens with zero attached hydrogens (tertiary/aromatic N) is 5. The van der Waals surface area contributed by atoms with Crippen molar-refractivity contribution in [2.24, 2.45) is 0 Å². The highest BCUT2D eigenvalue weighted by Crippen LogP contribution is 2.34. The van der Waals surface area contributed by atoms with Crippen molar-refractivity contribution in [1.82, 2.24) is 25.2 Å². The monoisotopic (exact) mass is 347 g/mol. The summed E-state index contributed by atoms with van der Waals surface area (Å²) >= 11 is 0. The Balaban J connectivity index is 1.46. The van der Waals surface area contributed by atoms with Crippen LogP contribution in [0.25, 0.3) is 0 Å². The number of likely N-dealkylation sites (tertiary alicyclic amines) is 1. The van der Waals surface area contributed by atoms with E-state index in [1.54, 1.807) is 0 Å². The molecule has 2 fully saturated rings. The number of hydrogen-bond acceptors (Lipinski definition) is 8. The van der Waals surface area contributed by atoms with E-state index in [0.717, 1.165) is 63.9 Å². The van der Waals surface area contributed by atoms with E-state index in [2.05, 4.69) is 32.2 Å². The Hall–Kier alpha value is -1.80. The van der Waals surface area contributed by atoms with Crippen LogP contribution in [-0.4, -0.2) is 38.4 Å². The lowest BCUT2D eigenvalue weighted by Crippen LogP contribution is -2.33. The molecule has 0 amide bonds. The quantitative estimate of drug-likeness (QED) is 0.788. The summed E-state index contributed by atoms with van der Waals surface area (Å²) in [7, 11) is 0. The predicted octanol–water partition coefficient (Wildman–Crippen LogP) is 2.98. The van der Waals surface area contributed by atoms with E-state index in [4.69, 9.17) is 13.7 Å². The summed E-state index contributed by atoms with van der Waals surface area (Å²) in [4.78, 5) is 6.80. The second kappa shape index (κ2) is 7.61. The van der Waals surface area contributed by atoms with Crippen molar-refractivity contribution in [1.29, 1.82) is 0 Å². The van der Waals surface area contributed by atoms with Crippen LogP contribution in [0.1, 0.15) is 81.1 Å². The van der Waals surface area contributed by atoms with E-state index >= 15 is 0 Å². The van der Waals surface area contributed by atoms with E-state index in [1.807, 2.05) is 0 Å². The molecule has 8 nitrogen and oxygen atoms in total. The molecule has 2 aliphatic rings. The van der Waals surface area contributed by atoms with Gasteiger partial charge in [0.05, 0.1) is 12.6 Å².